The Morgan fingerprint density at radius 2 is 2.32 bits per heavy atom. The number of anilines is 2. The van der Waals surface area contributed by atoms with Gasteiger partial charge in [-0.1, -0.05) is 5.92 Å². The van der Waals surface area contributed by atoms with Crippen molar-refractivity contribution in [1.29, 1.82) is 0 Å². The molecule has 0 spiro atoms. The number of terminal acetylenes is 1. The van der Waals surface area contributed by atoms with Crippen molar-refractivity contribution in [1.82, 2.24) is 9.55 Å². The molecule has 0 unspecified atom stereocenters. The first kappa shape index (κ1) is 14.9. The van der Waals surface area contributed by atoms with Gasteiger partial charge >= 0.3 is 5.69 Å². The number of furan rings is 1. The van der Waals surface area contributed by atoms with Gasteiger partial charge in [0.25, 0.3) is 5.56 Å². The summed E-state index contributed by atoms with van der Waals surface area (Å²) in [5.74, 6) is 1.78. The highest BCUT2D eigenvalue weighted by molar-refractivity contribution is 6.02. The quantitative estimate of drug-likeness (QED) is 0.541. The van der Waals surface area contributed by atoms with Crippen LogP contribution in [0.3, 0.4) is 0 Å². The second kappa shape index (κ2) is 6.32. The number of hydrogen-bond acceptors (Lipinski definition) is 5. The van der Waals surface area contributed by atoms with Crippen molar-refractivity contribution in [3.8, 4) is 12.3 Å². The van der Waals surface area contributed by atoms with Crippen molar-refractivity contribution in [3.05, 3.63) is 51.1 Å². The number of carbonyl (C=O) groups excluding carboxylic acids is 1. The predicted molar refractivity (Wildman–Crippen MR) is 80.9 cm³/mol. The summed E-state index contributed by atoms with van der Waals surface area (Å²) in [6.07, 6.45) is 9.12. The Kier molecular flexibility index (Phi) is 4.29. The van der Waals surface area contributed by atoms with Gasteiger partial charge in [0.05, 0.1) is 12.8 Å². The SMILES string of the molecule is C#CCn1c(=O)[nH]c(N)c(NC(=O)/C=C/c2ccco2)c1=O. The van der Waals surface area contributed by atoms with E-state index in [0.29, 0.717) is 5.76 Å². The first-order valence-corrected chi connectivity index (χ1v) is 6.11. The smallest absolute Gasteiger partial charge is 0.330 e. The van der Waals surface area contributed by atoms with Crippen LogP contribution in [0.5, 0.6) is 0 Å². The van der Waals surface area contributed by atoms with Crippen molar-refractivity contribution in [2.45, 2.75) is 6.54 Å². The van der Waals surface area contributed by atoms with E-state index in [1.807, 2.05) is 0 Å². The highest BCUT2D eigenvalue weighted by Crippen LogP contribution is 2.07. The van der Waals surface area contributed by atoms with Crippen LogP contribution >= 0.6 is 0 Å². The molecule has 0 bridgehead atoms. The molecular weight excluding hydrogens is 288 g/mol. The van der Waals surface area contributed by atoms with E-state index in [2.05, 4.69) is 16.2 Å². The maximum Gasteiger partial charge on any atom is 0.330 e. The van der Waals surface area contributed by atoms with Gasteiger partial charge in [0.15, 0.2) is 0 Å². The third-order valence-corrected chi connectivity index (χ3v) is 2.65. The molecule has 2 heterocycles. The number of aromatic amines is 1. The summed E-state index contributed by atoms with van der Waals surface area (Å²) < 4.78 is 5.77. The third kappa shape index (κ3) is 3.16. The van der Waals surface area contributed by atoms with Gasteiger partial charge in [-0.2, -0.15) is 0 Å². The molecule has 0 radical (unpaired) electrons. The molecule has 112 valence electrons. The number of carbonyl (C=O) groups is 1. The summed E-state index contributed by atoms with van der Waals surface area (Å²) in [4.78, 5) is 37.7. The van der Waals surface area contributed by atoms with Crippen LogP contribution in [0.15, 0.2) is 38.5 Å². The van der Waals surface area contributed by atoms with E-state index < -0.39 is 17.2 Å². The number of nitrogens with two attached hydrogens (primary N) is 1. The Balaban J connectivity index is 2.28. The number of nitrogens with one attached hydrogen (secondary N) is 2. The van der Waals surface area contributed by atoms with Crippen LogP contribution < -0.4 is 22.3 Å². The zero-order chi connectivity index (χ0) is 16.1. The summed E-state index contributed by atoms with van der Waals surface area (Å²) in [5, 5.41) is 2.30. The average Bonchev–Trinajstić information content (AvgIpc) is 2.99. The molecule has 0 aliphatic carbocycles. The highest BCUT2D eigenvalue weighted by Gasteiger charge is 2.13. The molecule has 0 aliphatic heterocycles. The Morgan fingerprint density at radius 3 is 2.95 bits per heavy atom. The van der Waals surface area contributed by atoms with Gasteiger partial charge in [-0.15, -0.1) is 6.42 Å². The second-order valence-electron chi connectivity index (χ2n) is 4.15. The molecule has 0 saturated carbocycles. The standard InChI is InChI=1S/C14H12N4O4/c1-2-7-18-13(20)11(12(15)17-14(18)21)16-10(19)6-5-9-4-3-8-22-9/h1,3-6,8H,7,15H2,(H,16,19)(H,17,21)/b6-5+. The van der Waals surface area contributed by atoms with E-state index in [9.17, 15) is 14.4 Å². The molecule has 0 aliphatic rings. The largest absolute Gasteiger partial charge is 0.465 e. The Labute approximate surface area is 124 Å². The molecule has 8 heteroatoms. The lowest BCUT2D eigenvalue weighted by atomic mass is 10.3. The molecular formula is C14H12N4O4. The summed E-state index contributed by atoms with van der Waals surface area (Å²) in [7, 11) is 0. The van der Waals surface area contributed by atoms with Crippen LogP contribution in [0.25, 0.3) is 6.08 Å². The van der Waals surface area contributed by atoms with Crippen molar-refractivity contribution in [3.63, 3.8) is 0 Å². The number of H-pyrrole nitrogens is 1. The lowest BCUT2D eigenvalue weighted by Crippen LogP contribution is -2.37. The number of nitrogens with zero attached hydrogens (tertiary/aromatic N) is 1. The molecule has 2 rings (SSSR count). The molecule has 2 aromatic rings. The average molecular weight is 300 g/mol. The fourth-order valence-corrected chi connectivity index (χ4v) is 1.65. The second-order valence-corrected chi connectivity index (χ2v) is 4.15. The molecule has 1 amide bonds. The van der Waals surface area contributed by atoms with E-state index in [1.54, 1.807) is 12.1 Å². The Hall–Kier alpha value is -3.47. The lowest BCUT2D eigenvalue weighted by molar-refractivity contribution is -0.111. The minimum Gasteiger partial charge on any atom is -0.465 e. The van der Waals surface area contributed by atoms with Gasteiger partial charge in [-0.25, -0.2) is 9.36 Å². The molecule has 4 N–H and O–H groups in total. The van der Waals surface area contributed by atoms with Gasteiger partial charge in [-0.05, 0) is 18.2 Å². The molecule has 22 heavy (non-hydrogen) atoms. The summed E-state index contributed by atoms with van der Waals surface area (Å²) in [5.41, 5.74) is 3.78. The van der Waals surface area contributed by atoms with Crippen LogP contribution in [0.1, 0.15) is 5.76 Å². The van der Waals surface area contributed by atoms with Gasteiger partial charge in [0, 0.05) is 6.08 Å². The molecule has 8 nitrogen and oxygen atoms in total. The number of amides is 1. The van der Waals surface area contributed by atoms with Gasteiger partial charge < -0.3 is 15.5 Å². The first-order valence-electron chi connectivity index (χ1n) is 6.11. The highest BCUT2D eigenvalue weighted by atomic mass is 16.3. The van der Waals surface area contributed by atoms with Crippen LogP contribution in [-0.2, 0) is 11.3 Å². The van der Waals surface area contributed by atoms with Crippen LogP contribution in [0, 0.1) is 12.3 Å². The van der Waals surface area contributed by atoms with E-state index >= 15 is 0 Å². The van der Waals surface area contributed by atoms with Crippen molar-refractivity contribution in [2.24, 2.45) is 0 Å². The van der Waals surface area contributed by atoms with Crippen molar-refractivity contribution < 1.29 is 9.21 Å². The van der Waals surface area contributed by atoms with Crippen LogP contribution in [0.4, 0.5) is 11.5 Å². The van der Waals surface area contributed by atoms with Crippen molar-refractivity contribution >= 4 is 23.5 Å². The molecule has 0 fully saturated rings. The number of hydrogen-bond donors (Lipinski definition) is 3. The minimum atomic E-state index is -0.779. The molecule has 2 aromatic heterocycles. The zero-order valence-electron chi connectivity index (χ0n) is 11.3. The van der Waals surface area contributed by atoms with Crippen LogP contribution in [-0.4, -0.2) is 15.5 Å². The van der Waals surface area contributed by atoms with E-state index in [0.717, 1.165) is 10.6 Å². The van der Waals surface area contributed by atoms with Gasteiger partial charge in [0.1, 0.15) is 17.3 Å². The summed E-state index contributed by atoms with van der Waals surface area (Å²) in [6.45, 7) is -0.237. The Morgan fingerprint density at radius 1 is 1.55 bits per heavy atom. The molecule has 0 saturated heterocycles. The molecule has 0 aromatic carbocycles. The van der Waals surface area contributed by atoms with E-state index in [-0.39, 0.29) is 18.1 Å². The fourth-order valence-electron chi connectivity index (χ4n) is 1.65. The molecule has 0 atom stereocenters. The fraction of sp³-hybridized carbons (Fsp3) is 0.0714. The Bertz CT molecular complexity index is 866. The van der Waals surface area contributed by atoms with Gasteiger partial charge in [0.2, 0.25) is 5.91 Å². The van der Waals surface area contributed by atoms with E-state index in [4.69, 9.17) is 16.6 Å². The normalized spacial score (nSPS) is 10.5. The monoisotopic (exact) mass is 300 g/mol. The van der Waals surface area contributed by atoms with Crippen molar-refractivity contribution in [2.75, 3.05) is 11.1 Å². The number of aromatic nitrogens is 2. The topological polar surface area (TPSA) is 123 Å². The zero-order valence-corrected chi connectivity index (χ0v) is 11.3. The number of nitrogen functional groups attached to an aromatic ring is 1. The van der Waals surface area contributed by atoms with E-state index in [1.165, 1.54) is 12.3 Å². The van der Waals surface area contributed by atoms with Gasteiger partial charge in [-0.3, -0.25) is 14.6 Å². The minimum absolute atomic E-state index is 0.237. The summed E-state index contributed by atoms with van der Waals surface area (Å²) in [6, 6.07) is 3.31. The lowest BCUT2D eigenvalue weighted by Gasteiger charge is -2.07. The maximum atomic E-state index is 12.1. The number of rotatable bonds is 4. The first-order chi connectivity index (χ1) is 10.5. The predicted octanol–water partition coefficient (Wildman–Crippen LogP) is -0.00310. The third-order valence-electron chi connectivity index (χ3n) is 2.65. The maximum absolute atomic E-state index is 12.1. The summed E-state index contributed by atoms with van der Waals surface area (Å²) >= 11 is 0. The van der Waals surface area contributed by atoms with Crippen LogP contribution in [0.2, 0.25) is 0 Å².